The van der Waals surface area contributed by atoms with Crippen molar-refractivity contribution in [2.75, 3.05) is 4.90 Å². The first-order valence-electron chi connectivity index (χ1n) is 18.2. The Balaban J connectivity index is 1.06. The summed E-state index contributed by atoms with van der Waals surface area (Å²) in [6.07, 6.45) is 0. The maximum absolute atomic E-state index is 6.94. The van der Waals surface area contributed by atoms with Gasteiger partial charge in [-0.2, -0.15) is 0 Å². The number of thiophene rings is 1. The summed E-state index contributed by atoms with van der Waals surface area (Å²) in [5.74, 6) is 0. The minimum Gasteiger partial charge on any atom is -0.455 e. The van der Waals surface area contributed by atoms with E-state index in [9.17, 15) is 0 Å². The fourth-order valence-corrected chi connectivity index (χ4v) is 9.65. The minimum atomic E-state index is 0.868. The monoisotopic (exact) mass is 707 g/mol. The standard InChI is InChI=1S/C50H29NO2S/c1-3-11-35-31(9-1)21-27-39-37-26-23-33(29-44(37)52-48(35)39)30-19-24-34(25-20-30)51(42-15-8-18-46-47(42)41-13-5-6-17-45(41)54-46)43-16-7-14-38-40-28-22-32-10-2-4-12-36(32)49(40)53-50(38)43/h1-29H. The smallest absolute Gasteiger partial charge is 0.159 e. The van der Waals surface area contributed by atoms with E-state index in [0.717, 1.165) is 82.8 Å². The third kappa shape index (κ3) is 4.29. The van der Waals surface area contributed by atoms with Crippen molar-refractivity contribution in [1.29, 1.82) is 0 Å². The van der Waals surface area contributed by atoms with Gasteiger partial charge in [0.25, 0.3) is 0 Å². The van der Waals surface area contributed by atoms with E-state index in [0.29, 0.717) is 0 Å². The van der Waals surface area contributed by atoms with E-state index in [4.69, 9.17) is 8.83 Å². The second-order valence-corrected chi connectivity index (χ2v) is 15.1. The summed E-state index contributed by atoms with van der Waals surface area (Å²) in [5, 5.41) is 11.6. The van der Waals surface area contributed by atoms with Crippen LogP contribution in [0.2, 0.25) is 0 Å². The van der Waals surface area contributed by atoms with Gasteiger partial charge in [0.05, 0.1) is 11.4 Å². The Bertz CT molecular complexity index is 3460. The largest absolute Gasteiger partial charge is 0.455 e. The van der Waals surface area contributed by atoms with Gasteiger partial charge in [-0.25, -0.2) is 0 Å². The van der Waals surface area contributed by atoms with Crippen molar-refractivity contribution in [2.45, 2.75) is 0 Å². The molecule has 0 atom stereocenters. The Morgan fingerprint density at radius 2 is 0.944 bits per heavy atom. The van der Waals surface area contributed by atoms with Crippen molar-refractivity contribution < 1.29 is 8.83 Å². The Kier molecular flexibility index (Phi) is 6.21. The number of nitrogens with zero attached hydrogens (tertiary/aromatic N) is 1. The van der Waals surface area contributed by atoms with E-state index in [2.05, 4.69) is 181 Å². The summed E-state index contributed by atoms with van der Waals surface area (Å²) in [6.45, 7) is 0. The third-order valence-electron chi connectivity index (χ3n) is 11.1. The molecule has 0 aliphatic carbocycles. The van der Waals surface area contributed by atoms with Gasteiger partial charge in [0, 0.05) is 58.2 Å². The van der Waals surface area contributed by atoms with Crippen molar-refractivity contribution in [2.24, 2.45) is 0 Å². The number of benzene rings is 9. The van der Waals surface area contributed by atoms with Crippen molar-refractivity contribution >= 4 is 114 Å². The number of anilines is 3. The van der Waals surface area contributed by atoms with Crippen LogP contribution < -0.4 is 4.90 Å². The number of fused-ring (bicyclic) bond motifs is 13. The highest BCUT2D eigenvalue weighted by molar-refractivity contribution is 7.26. The quantitative estimate of drug-likeness (QED) is 0.182. The predicted octanol–water partition coefficient (Wildman–Crippen LogP) is 15.3. The third-order valence-corrected chi connectivity index (χ3v) is 12.2. The summed E-state index contributed by atoms with van der Waals surface area (Å²) in [6, 6.07) is 63.0. The fraction of sp³-hybridized carbons (Fsp3) is 0. The molecule has 0 radical (unpaired) electrons. The van der Waals surface area contributed by atoms with Gasteiger partial charge in [-0.15, -0.1) is 11.3 Å². The SMILES string of the molecule is c1ccc2c(c1)ccc1c3ccc(-c4ccc(N(c5cccc6c5oc5c7ccccc7ccc65)c5cccc6sc7ccccc7c56)cc4)cc3oc21. The highest BCUT2D eigenvalue weighted by atomic mass is 32.1. The van der Waals surface area contributed by atoms with Crippen LogP contribution in [0, 0.1) is 0 Å². The van der Waals surface area contributed by atoms with Crippen LogP contribution in [0.3, 0.4) is 0 Å². The average Bonchev–Trinajstić information content (AvgIpc) is 3.93. The molecule has 0 aliphatic heterocycles. The topological polar surface area (TPSA) is 29.5 Å². The molecule has 3 aromatic heterocycles. The summed E-state index contributed by atoms with van der Waals surface area (Å²) < 4.78 is 16.0. The maximum Gasteiger partial charge on any atom is 0.159 e. The van der Waals surface area contributed by atoms with Crippen LogP contribution in [0.5, 0.6) is 0 Å². The zero-order chi connectivity index (χ0) is 35.3. The normalized spacial score (nSPS) is 12.1. The van der Waals surface area contributed by atoms with E-state index in [1.807, 2.05) is 11.3 Å². The number of para-hydroxylation sites is 1. The number of rotatable bonds is 4. The van der Waals surface area contributed by atoms with E-state index in [-0.39, 0.29) is 0 Å². The highest BCUT2D eigenvalue weighted by Crippen LogP contribution is 2.48. The maximum atomic E-state index is 6.94. The molecule has 9 aromatic carbocycles. The lowest BCUT2D eigenvalue weighted by atomic mass is 10.0. The molecule has 252 valence electrons. The molecule has 0 saturated carbocycles. The van der Waals surface area contributed by atoms with Crippen molar-refractivity contribution in [1.82, 2.24) is 0 Å². The first-order valence-corrected chi connectivity index (χ1v) is 19.1. The Morgan fingerprint density at radius 3 is 1.74 bits per heavy atom. The molecule has 3 heterocycles. The molecule has 0 aliphatic rings. The van der Waals surface area contributed by atoms with Crippen LogP contribution in [0.1, 0.15) is 0 Å². The van der Waals surface area contributed by atoms with Crippen LogP contribution in [-0.4, -0.2) is 0 Å². The van der Waals surface area contributed by atoms with Gasteiger partial charge < -0.3 is 13.7 Å². The molecular formula is C50H29NO2S. The highest BCUT2D eigenvalue weighted by Gasteiger charge is 2.23. The van der Waals surface area contributed by atoms with Crippen molar-refractivity contribution in [3.05, 3.63) is 176 Å². The molecule has 0 unspecified atom stereocenters. The predicted molar refractivity (Wildman–Crippen MR) is 229 cm³/mol. The first-order chi connectivity index (χ1) is 26.8. The van der Waals surface area contributed by atoms with Crippen LogP contribution in [0.4, 0.5) is 17.1 Å². The molecule has 0 N–H and O–H groups in total. The zero-order valence-corrected chi connectivity index (χ0v) is 29.7. The molecule has 12 aromatic rings. The number of hydrogen-bond donors (Lipinski definition) is 0. The Labute approximate surface area is 313 Å². The molecule has 0 fully saturated rings. The van der Waals surface area contributed by atoms with Gasteiger partial charge in [0.15, 0.2) is 5.58 Å². The van der Waals surface area contributed by atoms with Crippen LogP contribution in [0.25, 0.3) is 96.7 Å². The molecule has 54 heavy (non-hydrogen) atoms. The lowest BCUT2D eigenvalue weighted by molar-refractivity contribution is 0.672. The van der Waals surface area contributed by atoms with Crippen LogP contribution >= 0.6 is 11.3 Å². The number of hydrogen-bond acceptors (Lipinski definition) is 4. The van der Waals surface area contributed by atoms with Crippen LogP contribution in [-0.2, 0) is 0 Å². The molecule has 4 heteroatoms. The molecule has 0 amide bonds. The molecule has 12 rings (SSSR count). The first kappa shape index (κ1) is 29.7. The van der Waals surface area contributed by atoms with Crippen molar-refractivity contribution in [3.63, 3.8) is 0 Å². The molecule has 0 spiro atoms. The molecular weight excluding hydrogens is 679 g/mol. The van der Waals surface area contributed by atoms with E-state index in [1.165, 1.54) is 30.9 Å². The summed E-state index contributed by atoms with van der Waals surface area (Å²) in [7, 11) is 0. The second-order valence-electron chi connectivity index (χ2n) is 14.0. The van der Waals surface area contributed by atoms with Crippen LogP contribution in [0.15, 0.2) is 185 Å². The van der Waals surface area contributed by atoms with Gasteiger partial charge in [0.2, 0.25) is 0 Å². The fourth-order valence-electron chi connectivity index (χ4n) is 8.52. The van der Waals surface area contributed by atoms with Gasteiger partial charge in [-0.3, -0.25) is 0 Å². The van der Waals surface area contributed by atoms with Gasteiger partial charge >= 0.3 is 0 Å². The lowest BCUT2D eigenvalue weighted by Gasteiger charge is -2.26. The molecule has 3 nitrogen and oxygen atoms in total. The second kappa shape index (κ2) is 11.3. The molecule has 0 saturated heterocycles. The lowest BCUT2D eigenvalue weighted by Crippen LogP contribution is -2.10. The van der Waals surface area contributed by atoms with Gasteiger partial charge in [0.1, 0.15) is 16.7 Å². The Hall–Kier alpha value is -6.88. The van der Waals surface area contributed by atoms with E-state index >= 15 is 0 Å². The van der Waals surface area contributed by atoms with Gasteiger partial charge in [-0.05, 0) is 82.6 Å². The van der Waals surface area contributed by atoms with E-state index in [1.54, 1.807) is 0 Å². The molecule has 0 bridgehead atoms. The zero-order valence-electron chi connectivity index (χ0n) is 28.9. The summed E-state index contributed by atoms with van der Waals surface area (Å²) in [4.78, 5) is 2.38. The number of furan rings is 2. The Morgan fingerprint density at radius 1 is 0.370 bits per heavy atom. The van der Waals surface area contributed by atoms with E-state index < -0.39 is 0 Å². The summed E-state index contributed by atoms with van der Waals surface area (Å²) in [5.41, 5.74) is 9.02. The summed E-state index contributed by atoms with van der Waals surface area (Å²) >= 11 is 1.84. The van der Waals surface area contributed by atoms with Gasteiger partial charge in [-0.1, -0.05) is 115 Å². The van der Waals surface area contributed by atoms with Crippen molar-refractivity contribution in [3.8, 4) is 11.1 Å². The average molecular weight is 708 g/mol. The minimum absolute atomic E-state index is 0.868.